The molecule has 180 valence electrons. The summed E-state index contributed by atoms with van der Waals surface area (Å²) < 4.78 is 7.32. The number of rotatable bonds is 3. The molecule has 0 bridgehead atoms. The molecule has 4 rings (SSSR count). The van der Waals surface area contributed by atoms with E-state index in [1.807, 2.05) is 11.8 Å². The van der Waals surface area contributed by atoms with E-state index in [-0.39, 0.29) is 11.5 Å². The van der Waals surface area contributed by atoms with Crippen molar-refractivity contribution in [3.8, 4) is 0 Å². The Labute approximate surface area is 215 Å². The minimum Gasteiger partial charge on any atom is -0.450 e. The van der Waals surface area contributed by atoms with Crippen LogP contribution in [0.25, 0.3) is 0 Å². The topological polar surface area (TPSA) is 41.6 Å². The Bertz CT molecular complexity index is 885. The highest BCUT2D eigenvalue weighted by molar-refractivity contribution is 9.10. The fraction of sp³-hybridized carbons (Fsp3) is 0.519. The molecule has 2 aliphatic heterocycles. The number of benzene rings is 2. The van der Waals surface area contributed by atoms with Crippen LogP contribution < -0.4 is 5.32 Å². The Morgan fingerprint density at radius 3 is 1.70 bits per heavy atom. The van der Waals surface area contributed by atoms with Gasteiger partial charge in [-0.25, -0.2) is 4.79 Å². The molecule has 2 saturated heterocycles. The van der Waals surface area contributed by atoms with Crippen LogP contribution in [0, 0.1) is 0 Å². The third-order valence-electron chi connectivity index (χ3n) is 7.18. The van der Waals surface area contributed by atoms with Gasteiger partial charge in [0, 0.05) is 22.0 Å². The van der Waals surface area contributed by atoms with Gasteiger partial charge in [0.05, 0.1) is 6.61 Å². The second-order valence-electron chi connectivity index (χ2n) is 9.57. The first-order valence-corrected chi connectivity index (χ1v) is 13.5. The lowest BCUT2D eigenvalue weighted by Gasteiger charge is -2.39. The highest BCUT2D eigenvalue weighted by Gasteiger charge is 2.33. The van der Waals surface area contributed by atoms with E-state index in [4.69, 9.17) is 4.74 Å². The molecule has 1 N–H and O–H groups in total. The maximum Gasteiger partial charge on any atom is 0.409 e. The Morgan fingerprint density at radius 1 is 0.848 bits per heavy atom. The zero-order chi connectivity index (χ0) is 23.9. The van der Waals surface area contributed by atoms with Crippen LogP contribution in [0.4, 0.5) is 4.79 Å². The van der Waals surface area contributed by atoms with Gasteiger partial charge in [-0.15, -0.1) is 0 Å². The minimum atomic E-state index is -0.180. The van der Waals surface area contributed by atoms with E-state index in [2.05, 4.69) is 99.6 Å². The number of ether oxygens (including phenoxy) is 1. The van der Waals surface area contributed by atoms with E-state index in [1.54, 1.807) is 0 Å². The van der Waals surface area contributed by atoms with E-state index in [1.165, 1.54) is 28.4 Å². The number of carbonyl (C=O) groups is 1. The first kappa shape index (κ1) is 26.2. The Hall–Kier alpha value is -1.37. The van der Waals surface area contributed by atoms with Crippen LogP contribution in [0.15, 0.2) is 57.5 Å². The van der Waals surface area contributed by atoms with Gasteiger partial charge in [0.2, 0.25) is 0 Å². The lowest BCUT2D eigenvalue weighted by molar-refractivity contribution is 0.0885. The molecule has 0 radical (unpaired) electrons. The molecule has 2 aromatic rings. The fourth-order valence-corrected chi connectivity index (χ4v) is 5.19. The maximum atomic E-state index is 11.7. The molecule has 2 aromatic carbocycles. The number of carbonyl (C=O) groups excluding carboxylic acids is 1. The predicted molar refractivity (Wildman–Crippen MR) is 143 cm³/mol. The summed E-state index contributed by atoms with van der Waals surface area (Å²) >= 11 is 6.94. The summed E-state index contributed by atoms with van der Waals surface area (Å²) in [6.07, 6.45) is 4.27. The molecule has 4 nitrogen and oxygen atoms in total. The summed E-state index contributed by atoms with van der Waals surface area (Å²) in [6, 6.07) is 17.3. The van der Waals surface area contributed by atoms with Gasteiger partial charge in [-0.2, -0.15) is 0 Å². The molecule has 0 aliphatic carbocycles. The largest absolute Gasteiger partial charge is 0.450 e. The van der Waals surface area contributed by atoms with Crippen molar-refractivity contribution in [3.63, 3.8) is 0 Å². The molecule has 6 heteroatoms. The highest BCUT2D eigenvalue weighted by Crippen LogP contribution is 2.36. The average molecular weight is 580 g/mol. The third kappa shape index (κ3) is 7.06. The van der Waals surface area contributed by atoms with Crippen molar-refractivity contribution >= 4 is 38.0 Å². The van der Waals surface area contributed by atoms with Crippen LogP contribution in [0.1, 0.15) is 57.6 Å². The second kappa shape index (κ2) is 11.9. The molecule has 2 heterocycles. The highest BCUT2D eigenvalue weighted by atomic mass is 79.9. The molecule has 0 aromatic heterocycles. The average Bonchev–Trinajstić information content (AvgIpc) is 2.81. The van der Waals surface area contributed by atoms with Crippen LogP contribution in [0.3, 0.4) is 0 Å². The third-order valence-corrected chi connectivity index (χ3v) is 8.24. The summed E-state index contributed by atoms with van der Waals surface area (Å²) in [7, 11) is 0. The smallest absolute Gasteiger partial charge is 0.409 e. The molecule has 0 spiro atoms. The van der Waals surface area contributed by atoms with Crippen molar-refractivity contribution in [3.05, 3.63) is 68.6 Å². The van der Waals surface area contributed by atoms with E-state index >= 15 is 0 Å². The molecule has 1 amide bonds. The van der Waals surface area contributed by atoms with Crippen LogP contribution in [-0.4, -0.2) is 43.8 Å². The van der Waals surface area contributed by atoms with Gasteiger partial charge in [0.1, 0.15) is 0 Å². The quantitative estimate of drug-likeness (QED) is 0.423. The lowest BCUT2D eigenvalue weighted by atomic mass is 9.75. The number of nitrogens with one attached hydrogen (secondary N) is 1. The lowest BCUT2D eigenvalue weighted by Crippen LogP contribution is -2.44. The fourth-order valence-electron chi connectivity index (χ4n) is 4.66. The van der Waals surface area contributed by atoms with E-state index in [0.717, 1.165) is 43.5 Å². The van der Waals surface area contributed by atoms with Crippen molar-refractivity contribution in [2.24, 2.45) is 0 Å². The van der Waals surface area contributed by atoms with Crippen molar-refractivity contribution in [2.75, 3.05) is 32.8 Å². The summed E-state index contributed by atoms with van der Waals surface area (Å²) in [4.78, 5) is 13.5. The van der Waals surface area contributed by atoms with Gasteiger partial charge in [0.25, 0.3) is 0 Å². The van der Waals surface area contributed by atoms with Crippen LogP contribution in [-0.2, 0) is 15.6 Å². The Morgan fingerprint density at radius 2 is 1.27 bits per heavy atom. The molecular weight excluding hydrogens is 544 g/mol. The second-order valence-corrected chi connectivity index (χ2v) is 11.4. The summed E-state index contributed by atoms with van der Waals surface area (Å²) in [6.45, 7) is 10.8. The molecule has 33 heavy (non-hydrogen) atoms. The number of hydrogen-bond donors (Lipinski definition) is 1. The first-order chi connectivity index (χ1) is 15.8. The van der Waals surface area contributed by atoms with Crippen LogP contribution >= 0.6 is 31.9 Å². The number of halogens is 2. The van der Waals surface area contributed by atoms with Gasteiger partial charge >= 0.3 is 6.09 Å². The SMILES string of the molecule is CC1(c2ccc(Br)cc2)CCNCC1.CCOC(=O)N1CCC(C)(c2ccc(Br)cc2)CC1. The Kier molecular flexibility index (Phi) is 9.42. The van der Waals surface area contributed by atoms with Gasteiger partial charge < -0.3 is 15.0 Å². The summed E-state index contributed by atoms with van der Waals surface area (Å²) in [5, 5.41) is 3.41. The standard InChI is InChI=1S/C15H20BrNO2.C12H16BrN/c1-3-19-14(18)17-10-8-15(2,9-11-17)12-4-6-13(16)7-5-12;1-12(6-8-14-9-7-12)10-2-4-11(13)5-3-10/h4-7H,3,8-11H2,1-2H3;2-5,14H,6-9H2,1H3. The minimum absolute atomic E-state index is 0.156. The first-order valence-electron chi connectivity index (χ1n) is 11.9. The number of piperidine rings is 2. The molecule has 0 atom stereocenters. The molecular formula is C27H36Br2N2O2. The van der Waals surface area contributed by atoms with Crippen molar-refractivity contribution in [1.29, 1.82) is 0 Å². The summed E-state index contributed by atoms with van der Waals surface area (Å²) in [5.74, 6) is 0. The van der Waals surface area contributed by atoms with E-state index in [9.17, 15) is 4.79 Å². The summed E-state index contributed by atoms with van der Waals surface area (Å²) in [5.41, 5.74) is 3.36. The molecule has 0 unspecified atom stereocenters. The zero-order valence-electron chi connectivity index (χ0n) is 20.0. The number of amides is 1. The van der Waals surface area contributed by atoms with Gasteiger partial charge in [-0.3, -0.25) is 0 Å². The van der Waals surface area contributed by atoms with Gasteiger partial charge in [-0.05, 0) is 91.9 Å². The zero-order valence-corrected chi connectivity index (χ0v) is 23.2. The molecule has 2 fully saturated rings. The number of nitrogens with zero attached hydrogens (tertiary/aromatic N) is 1. The normalized spacial score (nSPS) is 19.2. The van der Waals surface area contributed by atoms with Crippen molar-refractivity contribution < 1.29 is 9.53 Å². The molecule has 2 aliphatic rings. The van der Waals surface area contributed by atoms with E-state index in [0.29, 0.717) is 12.0 Å². The van der Waals surface area contributed by atoms with Crippen molar-refractivity contribution in [2.45, 2.75) is 57.3 Å². The number of likely N-dealkylation sites (tertiary alicyclic amines) is 1. The monoisotopic (exact) mass is 578 g/mol. The van der Waals surface area contributed by atoms with Crippen LogP contribution in [0.2, 0.25) is 0 Å². The van der Waals surface area contributed by atoms with E-state index < -0.39 is 0 Å². The van der Waals surface area contributed by atoms with Gasteiger partial charge in [-0.1, -0.05) is 70.0 Å². The van der Waals surface area contributed by atoms with Crippen LogP contribution in [0.5, 0.6) is 0 Å². The predicted octanol–water partition coefficient (Wildman–Crippen LogP) is 7.05. The maximum absolute atomic E-state index is 11.7. The number of hydrogen-bond acceptors (Lipinski definition) is 3. The Balaban J connectivity index is 0.000000194. The van der Waals surface area contributed by atoms with Gasteiger partial charge in [0.15, 0.2) is 0 Å². The molecule has 0 saturated carbocycles. The van der Waals surface area contributed by atoms with Crippen molar-refractivity contribution in [1.82, 2.24) is 10.2 Å².